The maximum atomic E-state index is 10.9. The van der Waals surface area contributed by atoms with E-state index in [4.69, 9.17) is 5.11 Å². The fourth-order valence-corrected chi connectivity index (χ4v) is 3.06. The zero-order valence-corrected chi connectivity index (χ0v) is 12.2. The summed E-state index contributed by atoms with van der Waals surface area (Å²) in [4.78, 5) is 10.9. The van der Waals surface area contributed by atoms with Crippen molar-refractivity contribution in [2.24, 2.45) is 5.92 Å². The van der Waals surface area contributed by atoms with Crippen molar-refractivity contribution in [3.05, 3.63) is 28.2 Å². The monoisotopic (exact) mass is 327 g/mol. The third-order valence-electron chi connectivity index (χ3n) is 3.55. The summed E-state index contributed by atoms with van der Waals surface area (Å²) in [6.07, 6.45) is 3.81. The molecule has 0 amide bonds. The minimum Gasteiger partial charge on any atom is -0.478 e. The molecule has 19 heavy (non-hydrogen) atoms. The summed E-state index contributed by atoms with van der Waals surface area (Å²) < 4.78 is 0.577. The highest BCUT2D eigenvalue weighted by atomic mass is 79.9. The second-order valence-electron chi connectivity index (χ2n) is 5.07. The number of hydrogen-bond acceptors (Lipinski definition) is 3. The fourth-order valence-electron chi connectivity index (χ4n) is 2.51. The molecule has 0 bridgehead atoms. The standard InChI is InChI=1S/C14H18BrNO3/c15-13-7-10(4-5-12(13)14(18)19)16-8-9-2-1-3-11(17)6-9/h4-5,7,9,11,16-17H,1-3,6,8H2,(H,18,19). The number of hydrogen-bond donors (Lipinski definition) is 3. The molecule has 2 rings (SSSR count). The maximum absolute atomic E-state index is 10.9. The van der Waals surface area contributed by atoms with E-state index < -0.39 is 5.97 Å². The number of carboxylic acids is 1. The van der Waals surface area contributed by atoms with Crippen LogP contribution in [0.1, 0.15) is 36.0 Å². The zero-order chi connectivity index (χ0) is 13.8. The minimum atomic E-state index is -0.936. The van der Waals surface area contributed by atoms with Crippen molar-refractivity contribution < 1.29 is 15.0 Å². The van der Waals surface area contributed by atoms with E-state index >= 15 is 0 Å². The number of halogens is 1. The van der Waals surface area contributed by atoms with Gasteiger partial charge in [0.25, 0.3) is 0 Å². The molecule has 1 aliphatic rings. The van der Waals surface area contributed by atoms with Gasteiger partial charge >= 0.3 is 5.97 Å². The van der Waals surface area contributed by atoms with Crippen LogP contribution >= 0.6 is 15.9 Å². The van der Waals surface area contributed by atoms with Crippen molar-refractivity contribution in [1.29, 1.82) is 0 Å². The third kappa shape index (κ3) is 3.94. The predicted octanol–water partition coefficient (Wildman–Crippen LogP) is 3.11. The highest BCUT2D eigenvalue weighted by Gasteiger charge is 2.19. The third-order valence-corrected chi connectivity index (χ3v) is 4.21. The van der Waals surface area contributed by atoms with Gasteiger partial charge in [-0.1, -0.05) is 6.42 Å². The molecule has 1 aliphatic carbocycles. The highest BCUT2D eigenvalue weighted by molar-refractivity contribution is 9.10. The summed E-state index contributed by atoms with van der Waals surface area (Å²) in [6, 6.07) is 5.14. The second-order valence-corrected chi connectivity index (χ2v) is 5.92. The molecule has 2 unspecified atom stereocenters. The van der Waals surface area contributed by atoms with Gasteiger partial charge in [-0.25, -0.2) is 4.79 Å². The molecule has 0 saturated heterocycles. The topological polar surface area (TPSA) is 69.6 Å². The summed E-state index contributed by atoms with van der Waals surface area (Å²) in [5, 5.41) is 21.9. The van der Waals surface area contributed by atoms with Crippen molar-refractivity contribution in [3.8, 4) is 0 Å². The Labute approximate surface area is 121 Å². The van der Waals surface area contributed by atoms with E-state index in [2.05, 4.69) is 21.2 Å². The fraction of sp³-hybridized carbons (Fsp3) is 0.500. The molecule has 1 saturated carbocycles. The van der Waals surface area contributed by atoms with Crippen LogP contribution in [0, 0.1) is 5.92 Å². The lowest BCUT2D eigenvalue weighted by Gasteiger charge is -2.26. The second kappa shape index (κ2) is 6.39. The Morgan fingerprint density at radius 1 is 1.42 bits per heavy atom. The van der Waals surface area contributed by atoms with Gasteiger partial charge in [0.15, 0.2) is 0 Å². The number of aliphatic hydroxyl groups excluding tert-OH is 1. The van der Waals surface area contributed by atoms with E-state index in [1.54, 1.807) is 18.2 Å². The molecule has 0 radical (unpaired) electrons. The quantitative estimate of drug-likeness (QED) is 0.794. The zero-order valence-electron chi connectivity index (χ0n) is 10.6. The van der Waals surface area contributed by atoms with E-state index in [0.29, 0.717) is 10.4 Å². The van der Waals surface area contributed by atoms with Gasteiger partial charge in [0.1, 0.15) is 0 Å². The maximum Gasteiger partial charge on any atom is 0.336 e. The smallest absolute Gasteiger partial charge is 0.336 e. The number of carboxylic acid groups (broad SMARTS) is 1. The molecule has 0 heterocycles. The largest absolute Gasteiger partial charge is 0.478 e. The molecule has 0 aromatic heterocycles. The first-order valence-corrected chi connectivity index (χ1v) is 7.30. The summed E-state index contributed by atoms with van der Waals surface area (Å²) >= 11 is 3.26. The lowest BCUT2D eigenvalue weighted by atomic mass is 9.87. The molecular weight excluding hydrogens is 310 g/mol. The van der Waals surface area contributed by atoms with Gasteiger partial charge in [0.05, 0.1) is 11.7 Å². The normalized spacial score (nSPS) is 23.1. The first-order valence-electron chi connectivity index (χ1n) is 6.51. The Bertz CT molecular complexity index is 464. The molecule has 3 N–H and O–H groups in total. The predicted molar refractivity (Wildman–Crippen MR) is 77.6 cm³/mol. The van der Waals surface area contributed by atoms with Crippen LogP contribution in [0.15, 0.2) is 22.7 Å². The Morgan fingerprint density at radius 2 is 2.21 bits per heavy atom. The average molecular weight is 328 g/mol. The van der Waals surface area contributed by atoms with Gasteiger partial charge in [-0.2, -0.15) is 0 Å². The van der Waals surface area contributed by atoms with Gasteiger partial charge in [-0.3, -0.25) is 0 Å². The number of nitrogens with one attached hydrogen (secondary N) is 1. The minimum absolute atomic E-state index is 0.165. The van der Waals surface area contributed by atoms with Gasteiger partial charge in [-0.15, -0.1) is 0 Å². The molecule has 5 heteroatoms. The molecule has 4 nitrogen and oxygen atoms in total. The van der Waals surface area contributed by atoms with Crippen LogP contribution in [0.5, 0.6) is 0 Å². The molecule has 1 aromatic rings. The van der Waals surface area contributed by atoms with Gasteiger partial charge in [0.2, 0.25) is 0 Å². The number of carbonyl (C=O) groups is 1. The summed E-state index contributed by atoms with van der Waals surface area (Å²) in [7, 11) is 0. The van der Waals surface area contributed by atoms with Crippen molar-refractivity contribution in [2.45, 2.75) is 31.8 Å². The Balaban J connectivity index is 1.92. The van der Waals surface area contributed by atoms with E-state index in [9.17, 15) is 9.90 Å². The Hall–Kier alpha value is -1.07. The van der Waals surface area contributed by atoms with E-state index in [-0.39, 0.29) is 11.7 Å². The van der Waals surface area contributed by atoms with Crippen molar-refractivity contribution in [3.63, 3.8) is 0 Å². The van der Waals surface area contributed by atoms with E-state index in [1.165, 1.54) is 0 Å². The van der Waals surface area contributed by atoms with Crippen molar-refractivity contribution >= 4 is 27.6 Å². The first kappa shape index (κ1) is 14.3. The van der Waals surface area contributed by atoms with E-state index in [0.717, 1.165) is 37.9 Å². The number of benzene rings is 1. The number of rotatable bonds is 4. The molecule has 0 aliphatic heterocycles. The summed E-state index contributed by atoms with van der Waals surface area (Å²) in [5.41, 5.74) is 1.16. The summed E-state index contributed by atoms with van der Waals surface area (Å²) in [5.74, 6) is -0.449. The van der Waals surface area contributed by atoms with Gasteiger partial charge in [0, 0.05) is 16.7 Å². The SMILES string of the molecule is O=C(O)c1ccc(NCC2CCCC(O)C2)cc1Br. The molecule has 0 spiro atoms. The van der Waals surface area contributed by atoms with Crippen LogP contribution in [-0.2, 0) is 0 Å². The van der Waals surface area contributed by atoms with Crippen LogP contribution in [0.25, 0.3) is 0 Å². The van der Waals surface area contributed by atoms with Crippen LogP contribution in [0.4, 0.5) is 5.69 Å². The van der Waals surface area contributed by atoms with Crippen LogP contribution in [0.3, 0.4) is 0 Å². The van der Waals surface area contributed by atoms with Crippen LogP contribution in [0.2, 0.25) is 0 Å². The first-order chi connectivity index (χ1) is 9.06. The average Bonchev–Trinajstić information content (AvgIpc) is 2.36. The highest BCUT2D eigenvalue weighted by Crippen LogP contribution is 2.26. The molecule has 2 atom stereocenters. The molecule has 104 valence electrons. The van der Waals surface area contributed by atoms with Gasteiger partial charge in [-0.05, 0) is 59.3 Å². The molecule has 1 fully saturated rings. The Kier molecular flexibility index (Phi) is 4.82. The van der Waals surface area contributed by atoms with Crippen LogP contribution in [-0.4, -0.2) is 28.8 Å². The number of aromatic carboxylic acids is 1. The molecule has 1 aromatic carbocycles. The van der Waals surface area contributed by atoms with Gasteiger partial charge < -0.3 is 15.5 Å². The Morgan fingerprint density at radius 3 is 2.84 bits per heavy atom. The van der Waals surface area contributed by atoms with Crippen molar-refractivity contribution in [1.82, 2.24) is 0 Å². The number of anilines is 1. The number of aliphatic hydroxyl groups is 1. The van der Waals surface area contributed by atoms with Crippen LogP contribution < -0.4 is 5.32 Å². The molecular formula is C14H18BrNO3. The lowest BCUT2D eigenvalue weighted by Crippen LogP contribution is -2.25. The van der Waals surface area contributed by atoms with Crippen molar-refractivity contribution in [2.75, 3.05) is 11.9 Å². The summed E-state index contributed by atoms with van der Waals surface area (Å²) in [6.45, 7) is 0.815. The van der Waals surface area contributed by atoms with E-state index in [1.807, 2.05) is 0 Å². The lowest BCUT2D eigenvalue weighted by molar-refractivity contribution is 0.0696.